The maximum atomic E-state index is 2.38. The van der Waals surface area contributed by atoms with E-state index in [-0.39, 0.29) is 0 Å². The maximum Gasteiger partial charge on any atom is 0.0176 e. The molecule has 0 aliphatic carbocycles. The second kappa shape index (κ2) is 3.22. The van der Waals surface area contributed by atoms with Crippen molar-refractivity contribution in [1.82, 2.24) is 0 Å². The summed E-state index contributed by atoms with van der Waals surface area (Å²) in [7, 11) is 0. The van der Waals surface area contributed by atoms with Gasteiger partial charge in [-0.1, -0.05) is 19.4 Å². The van der Waals surface area contributed by atoms with Crippen molar-refractivity contribution in [1.29, 1.82) is 0 Å². The van der Waals surface area contributed by atoms with Crippen LogP contribution in [0.5, 0.6) is 0 Å². The molecule has 1 aliphatic heterocycles. The Hall–Kier alpha value is 0.0900. The van der Waals surface area contributed by atoms with Crippen LogP contribution in [0.4, 0.5) is 0 Å². The van der Waals surface area contributed by atoms with Crippen LogP contribution in [-0.4, -0.2) is 4.75 Å². The largest absolute Gasteiger partial charge is 0.124 e. The molecule has 64 valence electrons. The van der Waals surface area contributed by atoms with Crippen LogP contribution in [0.15, 0.2) is 10.5 Å². The summed E-state index contributed by atoms with van der Waals surface area (Å²) in [4.78, 5) is 1.63. The average Bonchev–Trinajstić information content (AvgIpc) is 2.33. The first-order chi connectivity index (χ1) is 5.07. The summed E-state index contributed by atoms with van der Waals surface area (Å²) >= 11 is 2.10. The van der Waals surface area contributed by atoms with Crippen molar-refractivity contribution in [2.45, 2.75) is 51.7 Å². The van der Waals surface area contributed by atoms with Gasteiger partial charge in [0.05, 0.1) is 0 Å². The normalized spacial score (nSPS) is 31.1. The van der Waals surface area contributed by atoms with E-state index < -0.39 is 0 Å². The summed E-state index contributed by atoms with van der Waals surface area (Å²) in [6.45, 7) is 9.13. The van der Waals surface area contributed by atoms with Gasteiger partial charge >= 0.3 is 0 Å². The molecule has 1 saturated heterocycles. The number of hydrogen-bond acceptors (Lipinski definition) is 1. The zero-order chi connectivity index (χ0) is 8.48. The maximum absolute atomic E-state index is 2.38. The standard InChI is InChI=1S/C10H18S/c1-5-10(4)7-6-9(11-10)8(2)3/h5-7H2,1-4H3. The van der Waals surface area contributed by atoms with Gasteiger partial charge in [-0.25, -0.2) is 0 Å². The molecule has 0 aromatic heterocycles. The van der Waals surface area contributed by atoms with Gasteiger partial charge in [-0.2, -0.15) is 0 Å². The Balaban J connectivity index is 2.68. The Morgan fingerprint density at radius 1 is 1.55 bits per heavy atom. The molecule has 0 saturated carbocycles. The molecule has 0 radical (unpaired) electrons. The molecule has 0 aromatic carbocycles. The summed E-state index contributed by atoms with van der Waals surface area (Å²) in [5, 5.41) is 0. The molecule has 1 fully saturated rings. The lowest BCUT2D eigenvalue weighted by Gasteiger charge is -2.19. The third kappa shape index (κ3) is 2.02. The van der Waals surface area contributed by atoms with E-state index in [9.17, 15) is 0 Å². The molecular weight excluding hydrogens is 152 g/mol. The third-order valence-corrected chi connectivity index (χ3v) is 4.40. The molecule has 1 rings (SSSR count). The highest BCUT2D eigenvalue weighted by Gasteiger charge is 2.30. The van der Waals surface area contributed by atoms with E-state index in [0.29, 0.717) is 4.75 Å². The molecule has 0 bridgehead atoms. The van der Waals surface area contributed by atoms with Gasteiger partial charge in [0.2, 0.25) is 0 Å². The lowest BCUT2D eigenvalue weighted by molar-refractivity contribution is 0.593. The first-order valence-corrected chi connectivity index (χ1v) is 5.24. The molecule has 1 aliphatic rings. The highest BCUT2D eigenvalue weighted by atomic mass is 32.2. The highest BCUT2D eigenvalue weighted by molar-refractivity contribution is 8.04. The fourth-order valence-electron chi connectivity index (χ4n) is 1.38. The Kier molecular flexibility index (Phi) is 2.69. The summed E-state index contributed by atoms with van der Waals surface area (Å²) in [6, 6.07) is 0. The van der Waals surface area contributed by atoms with Gasteiger partial charge in [0, 0.05) is 4.75 Å². The molecule has 0 nitrogen and oxygen atoms in total. The van der Waals surface area contributed by atoms with Gasteiger partial charge in [-0.05, 0) is 38.0 Å². The van der Waals surface area contributed by atoms with Crippen LogP contribution in [0, 0.1) is 0 Å². The zero-order valence-corrected chi connectivity index (χ0v) is 8.85. The van der Waals surface area contributed by atoms with E-state index in [2.05, 4.69) is 39.5 Å². The van der Waals surface area contributed by atoms with Gasteiger partial charge in [0.1, 0.15) is 0 Å². The van der Waals surface area contributed by atoms with Crippen molar-refractivity contribution in [3.8, 4) is 0 Å². The van der Waals surface area contributed by atoms with Crippen LogP contribution in [0.1, 0.15) is 47.0 Å². The Morgan fingerprint density at radius 3 is 2.45 bits per heavy atom. The predicted octanol–water partition coefficient (Wildman–Crippen LogP) is 3.98. The number of hydrogen-bond donors (Lipinski definition) is 0. The lowest BCUT2D eigenvalue weighted by Crippen LogP contribution is -2.12. The first kappa shape index (κ1) is 9.18. The summed E-state index contributed by atoms with van der Waals surface area (Å²) in [5.41, 5.74) is 1.52. The first-order valence-electron chi connectivity index (χ1n) is 4.43. The molecule has 0 spiro atoms. The van der Waals surface area contributed by atoms with Crippen LogP contribution in [-0.2, 0) is 0 Å². The highest BCUT2D eigenvalue weighted by Crippen LogP contribution is 2.48. The van der Waals surface area contributed by atoms with E-state index >= 15 is 0 Å². The molecule has 1 atom stereocenters. The van der Waals surface area contributed by atoms with Crippen LogP contribution >= 0.6 is 11.8 Å². The van der Waals surface area contributed by atoms with E-state index in [1.165, 1.54) is 24.8 Å². The summed E-state index contributed by atoms with van der Waals surface area (Å²) in [5.74, 6) is 0. The molecular formula is C10H18S. The van der Waals surface area contributed by atoms with Crippen LogP contribution in [0.3, 0.4) is 0 Å². The topological polar surface area (TPSA) is 0 Å². The van der Waals surface area contributed by atoms with Crippen molar-refractivity contribution >= 4 is 11.8 Å². The van der Waals surface area contributed by atoms with Crippen LogP contribution in [0.2, 0.25) is 0 Å². The molecule has 11 heavy (non-hydrogen) atoms. The quantitative estimate of drug-likeness (QED) is 0.573. The molecule has 0 aromatic rings. The summed E-state index contributed by atoms with van der Waals surface area (Å²) < 4.78 is 0.548. The van der Waals surface area contributed by atoms with Crippen molar-refractivity contribution in [2.24, 2.45) is 0 Å². The second-order valence-corrected chi connectivity index (χ2v) is 5.51. The van der Waals surface area contributed by atoms with Crippen molar-refractivity contribution in [2.75, 3.05) is 0 Å². The van der Waals surface area contributed by atoms with Gasteiger partial charge in [-0.3, -0.25) is 0 Å². The van der Waals surface area contributed by atoms with Gasteiger partial charge in [0.15, 0.2) is 0 Å². The smallest absolute Gasteiger partial charge is 0.0176 e. The van der Waals surface area contributed by atoms with Crippen LogP contribution < -0.4 is 0 Å². The van der Waals surface area contributed by atoms with E-state index in [1.807, 2.05) is 0 Å². The Labute approximate surface area is 74.5 Å². The summed E-state index contributed by atoms with van der Waals surface area (Å²) in [6.07, 6.45) is 3.99. The lowest BCUT2D eigenvalue weighted by atomic mass is 10.0. The number of thioether (sulfide) groups is 1. The Bertz CT molecular complexity index is 177. The zero-order valence-electron chi connectivity index (χ0n) is 8.03. The van der Waals surface area contributed by atoms with Gasteiger partial charge in [-0.15, -0.1) is 11.8 Å². The minimum Gasteiger partial charge on any atom is -0.124 e. The SMILES string of the molecule is CCC1(C)CCC(=C(C)C)S1. The molecule has 0 N–H and O–H groups in total. The number of allylic oxidation sites excluding steroid dienone is 2. The van der Waals surface area contributed by atoms with Crippen LogP contribution in [0.25, 0.3) is 0 Å². The third-order valence-electron chi connectivity index (χ3n) is 2.56. The number of rotatable bonds is 1. The van der Waals surface area contributed by atoms with E-state index in [1.54, 1.807) is 4.91 Å². The average molecular weight is 170 g/mol. The fraction of sp³-hybridized carbons (Fsp3) is 0.800. The minimum atomic E-state index is 0.548. The molecule has 1 heteroatoms. The molecule has 0 amide bonds. The second-order valence-electron chi connectivity index (χ2n) is 3.83. The van der Waals surface area contributed by atoms with Crippen molar-refractivity contribution < 1.29 is 0 Å². The fourth-order valence-corrected chi connectivity index (χ4v) is 2.73. The van der Waals surface area contributed by atoms with Gasteiger partial charge < -0.3 is 0 Å². The predicted molar refractivity (Wildman–Crippen MR) is 53.9 cm³/mol. The van der Waals surface area contributed by atoms with Gasteiger partial charge in [0.25, 0.3) is 0 Å². The Morgan fingerprint density at radius 2 is 2.18 bits per heavy atom. The van der Waals surface area contributed by atoms with E-state index in [4.69, 9.17) is 0 Å². The minimum absolute atomic E-state index is 0.548. The van der Waals surface area contributed by atoms with Crippen molar-refractivity contribution in [3.05, 3.63) is 10.5 Å². The molecule has 1 unspecified atom stereocenters. The van der Waals surface area contributed by atoms with E-state index in [0.717, 1.165) is 0 Å². The van der Waals surface area contributed by atoms with Crippen molar-refractivity contribution in [3.63, 3.8) is 0 Å². The molecule has 1 heterocycles. The monoisotopic (exact) mass is 170 g/mol.